The van der Waals surface area contributed by atoms with Crippen molar-refractivity contribution in [3.05, 3.63) is 53.6 Å². The van der Waals surface area contributed by atoms with Crippen LogP contribution in [-0.4, -0.2) is 14.5 Å². The van der Waals surface area contributed by atoms with Crippen LogP contribution in [0.1, 0.15) is 5.56 Å². The second-order valence-corrected chi connectivity index (χ2v) is 6.76. The Kier molecular flexibility index (Phi) is 2.92. The minimum absolute atomic E-state index is 0.00638. The summed E-state index contributed by atoms with van der Waals surface area (Å²) in [6.07, 6.45) is 0. The molecule has 0 unspecified atom stereocenters. The number of hydrogen-bond donors (Lipinski definition) is 1. The van der Waals surface area contributed by atoms with E-state index in [4.69, 9.17) is 5.73 Å². The first-order chi connectivity index (χ1) is 9.04. The zero-order valence-electron chi connectivity index (χ0n) is 10.2. The molecule has 1 nitrogen and oxygen atoms in total. The van der Waals surface area contributed by atoms with E-state index in [-0.39, 0.29) is 26.1 Å². The van der Waals surface area contributed by atoms with E-state index in [1.54, 1.807) is 12.1 Å². The standard InChI is InChI=1S/C15H11F2NSe/c1-8-4-11(12(17)7-13(8)18)15-6-9-5-10(16)2-3-14(9)19-15/h2-7H,18H2,1H3. The Hall–Kier alpha value is -1.64. The van der Waals surface area contributed by atoms with Crippen LogP contribution in [0.25, 0.3) is 19.6 Å². The van der Waals surface area contributed by atoms with E-state index in [9.17, 15) is 8.78 Å². The van der Waals surface area contributed by atoms with Crippen molar-refractivity contribution in [3.8, 4) is 10.0 Å². The summed E-state index contributed by atoms with van der Waals surface area (Å²) in [5, 5.41) is 0.851. The van der Waals surface area contributed by atoms with E-state index in [1.165, 1.54) is 18.2 Å². The van der Waals surface area contributed by atoms with Crippen LogP contribution in [0.3, 0.4) is 0 Å². The van der Waals surface area contributed by atoms with Gasteiger partial charge in [0.2, 0.25) is 0 Å². The summed E-state index contributed by atoms with van der Waals surface area (Å²) >= 11 is 0.00638. The first kappa shape index (κ1) is 12.4. The first-order valence-electron chi connectivity index (χ1n) is 5.79. The molecule has 4 heteroatoms. The maximum atomic E-state index is 14.0. The second kappa shape index (κ2) is 4.48. The van der Waals surface area contributed by atoms with Gasteiger partial charge < -0.3 is 0 Å². The average Bonchev–Trinajstić information content (AvgIpc) is 2.76. The molecular weight excluding hydrogens is 311 g/mol. The molecule has 96 valence electrons. The number of benzene rings is 2. The number of nitrogen functional groups attached to an aromatic ring is 1. The summed E-state index contributed by atoms with van der Waals surface area (Å²) in [6, 6.07) is 9.70. The summed E-state index contributed by atoms with van der Waals surface area (Å²) in [5.74, 6) is -0.578. The fourth-order valence-electron chi connectivity index (χ4n) is 2.03. The molecule has 3 rings (SSSR count). The SMILES string of the molecule is Cc1cc(-c2cc3cc(F)ccc3[se]2)c(F)cc1N. The van der Waals surface area contributed by atoms with Crippen LogP contribution in [0.5, 0.6) is 0 Å². The van der Waals surface area contributed by atoms with E-state index in [2.05, 4.69) is 0 Å². The number of rotatable bonds is 1. The number of nitrogens with two attached hydrogens (primary N) is 1. The van der Waals surface area contributed by atoms with Gasteiger partial charge in [0.25, 0.3) is 0 Å². The van der Waals surface area contributed by atoms with Crippen molar-refractivity contribution in [3.63, 3.8) is 0 Å². The Labute approximate surface area is 115 Å². The fraction of sp³-hybridized carbons (Fsp3) is 0.0667. The predicted molar refractivity (Wildman–Crippen MR) is 75.4 cm³/mol. The van der Waals surface area contributed by atoms with E-state index in [0.717, 1.165) is 19.6 Å². The Bertz CT molecular complexity index is 777. The van der Waals surface area contributed by atoms with Gasteiger partial charge in [-0.25, -0.2) is 0 Å². The monoisotopic (exact) mass is 323 g/mol. The predicted octanol–water partition coefficient (Wildman–Crippen LogP) is 3.73. The molecule has 0 aliphatic carbocycles. The molecule has 2 aromatic carbocycles. The number of aryl methyl sites for hydroxylation is 1. The summed E-state index contributed by atoms with van der Waals surface area (Å²) in [4.78, 5) is 0. The molecule has 0 aliphatic rings. The maximum absolute atomic E-state index is 14.0. The van der Waals surface area contributed by atoms with E-state index in [1.807, 2.05) is 13.0 Å². The van der Waals surface area contributed by atoms with Crippen molar-refractivity contribution in [1.29, 1.82) is 0 Å². The Balaban J connectivity index is 2.21. The van der Waals surface area contributed by atoms with Gasteiger partial charge in [0.05, 0.1) is 0 Å². The number of hydrogen-bond acceptors (Lipinski definition) is 1. The molecule has 0 saturated heterocycles. The van der Waals surface area contributed by atoms with Crippen LogP contribution in [0.15, 0.2) is 36.4 Å². The summed E-state index contributed by atoms with van der Waals surface area (Å²) in [7, 11) is 0. The molecular formula is C15H11F2NSe. The molecule has 0 saturated carbocycles. The third kappa shape index (κ3) is 2.18. The van der Waals surface area contributed by atoms with Gasteiger partial charge in [0.15, 0.2) is 0 Å². The van der Waals surface area contributed by atoms with Gasteiger partial charge in [-0.2, -0.15) is 0 Å². The van der Waals surface area contributed by atoms with E-state index in [0.29, 0.717) is 11.3 Å². The molecule has 0 bridgehead atoms. The van der Waals surface area contributed by atoms with Crippen molar-refractivity contribution < 1.29 is 8.78 Å². The molecule has 0 amide bonds. The second-order valence-electron chi connectivity index (χ2n) is 4.48. The summed E-state index contributed by atoms with van der Waals surface area (Å²) < 4.78 is 29.2. The summed E-state index contributed by atoms with van der Waals surface area (Å²) in [5.41, 5.74) is 7.57. The van der Waals surface area contributed by atoms with E-state index >= 15 is 0 Å². The van der Waals surface area contributed by atoms with Crippen LogP contribution in [0, 0.1) is 18.6 Å². The quantitative estimate of drug-likeness (QED) is 0.536. The molecule has 0 radical (unpaired) electrons. The number of fused-ring (bicyclic) bond motifs is 1. The third-order valence-corrected chi connectivity index (χ3v) is 5.51. The fourth-order valence-corrected chi connectivity index (χ4v) is 4.26. The molecule has 1 aromatic heterocycles. The minimum atomic E-state index is -0.315. The summed E-state index contributed by atoms with van der Waals surface area (Å²) in [6.45, 7) is 1.85. The zero-order valence-corrected chi connectivity index (χ0v) is 11.9. The van der Waals surface area contributed by atoms with Gasteiger partial charge in [-0.15, -0.1) is 0 Å². The molecule has 3 aromatic rings. The van der Waals surface area contributed by atoms with Crippen LogP contribution in [0.4, 0.5) is 14.5 Å². The Morgan fingerprint density at radius 3 is 2.63 bits per heavy atom. The Morgan fingerprint density at radius 1 is 1.05 bits per heavy atom. The average molecular weight is 322 g/mol. The van der Waals surface area contributed by atoms with Gasteiger partial charge in [0, 0.05) is 0 Å². The first-order valence-corrected chi connectivity index (χ1v) is 7.51. The third-order valence-electron chi connectivity index (χ3n) is 3.10. The van der Waals surface area contributed by atoms with Crippen molar-refractivity contribution in [1.82, 2.24) is 0 Å². The van der Waals surface area contributed by atoms with Gasteiger partial charge in [0.1, 0.15) is 0 Å². The van der Waals surface area contributed by atoms with Gasteiger partial charge >= 0.3 is 115 Å². The van der Waals surface area contributed by atoms with Gasteiger partial charge in [-0.1, -0.05) is 0 Å². The normalized spacial score (nSPS) is 11.1. The van der Waals surface area contributed by atoms with Crippen molar-refractivity contribution in [2.45, 2.75) is 6.92 Å². The Morgan fingerprint density at radius 2 is 1.84 bits per heavy atom. The molecule has 0 spiro atoms. The number of anilines is 1. The van der Waals surface area contributed by atoms with Crippen LogP contribution in [0.2, 0.25) is 0 Å². The molecule has 0 aliphatic heterocycles. The topological polar surface area (TPSA) is 26.0 Å². The zero-order chi connectivity index (χ0) is 13.6. The van der Waals surface area contributed by atoms with Crippen LogP contribution in [-0.2, 0) is 0 Å². The van der Waals surface area contributed by atoms with Crippen molar-refractivity contribution in [2.75, 3.05) is 5.73 Å². The van der Waals surface area contributed by atoms with Crippen molar-refractivity contribution >= 4 is 29.8 Å². The van der Waals surface area contributed by atoms with Crippen LogP contribution >= 0.6 is 0 Å². The molecule has 1 heterocycles. The number of halogens is 2. The molecule has 19 heavy (non-hydrogen) atoms. The molecule has 0 atom stereocenters. The van der Waals surface area contributed by atoms with Crippen molar-refractivity contribution in [2.24, 2.45) is 0 Å². The van der Waals surface area contributed by atoms with Gasteiger partial charge in [-0.05, 0) is 0 Å². The molecule has 2 N–H and O–H groups in total. The van der Waals surface area contributed by atoms with Gasteiger partial charge in [-0.3, -0.25) is 0 Å². The van der Waals surface area contributed by atoms with Crippen LogP contribution < -0.4 is 5.73 Å². The van der Waals surface area contributed by atoms with E-state index < -0.39 is 0 Å². The molecule has 0 fully saturated rings.